The molecule has 0 aromatic carbocycles. The smallest absolute Gasteiger partial charge is 0.306 e. The van der Waals surface area contributed by atoms with Crippen LogP contribution in [0.1, 0.15) is 143 Å². The van der Waals surface area contributed by atoms with Gasteiger partial charge in [-0.2, -0.15) is 0 Å². The molecule has 0 fully saturated rings. The van der Waals surface area contributed by atoms with Crippen LogP contribution in [0.25, 0.3) is 0 Å². The molecule has 2 atom stereocenters. The van der Waals surface area contributed by atoms with Crippen molar-refractivity contribution >= 4 is 11.9 Å². The predicted octanol–water partition coefficient (Wildman–Crippen LogP) is 9.11. The molecular formula is C37H64O6. The van der Waals surface area contributed by atoms with Crippen LogP contribution in [0.4, 0.5) is 0 Å². The molecule has 43 heavy (non-hydrogen) atoms. The van der Waals surface area contributed by atoms with Crippen molar-refractivity contribution in [2.45, 2.75) is 155 Å². The van der Waals surface area contributed by atoms with Gasteiger partial charge in [-0.15, -0.1) is 0 Å². The highest BCUT2D eigenvalue weighted by molar-refractivity contribution is 5.70. The first-order valence-corrected chi connectivity index (χ1v) is 17.2. The van der Waals surface area contributed by atoms with Crippen LogP contribution in [-0.2, 0) is 19.1 Å². The number of rotatable bonds is 29. The largest absolute Gasteiger partial charge is 0.462 e. The normalized spacial score (nSPS) is 13.6. The van der Waals surface area contributed by atoms with Crippen LogP contribution in [0.2, 0.25) is 0 Å². The van der Waals surface area contributed by atoms with Gasteiger partial charge in [-0.1, -0.05) is 134 Å². The number of esters is 2. The second-order valence-corrected chi connectivity index (χ2v) is 11.9. The standard InChI is InChI=1S/C37H64O6/c1-4-5-6-7-17-22-27-34(39)28-23-18-13-9-11-15-20-25-30-37(41)43-35(31-38)32-42-36(40)29-24-19-14-10-8-12-16-21-26-33(2)3/h11,13,15,17-18,22-23,28,33-35,38-39H,4-10,12,14,16,19-21,24-27,29-32H2,1-3H3/b15-11-,18-13-,22-17-,28-23+/t34-,35-/m0/s1. The maximum absolute atomic E-state index is 12.1. The van der Waals surface area contributed by atoms with Crippen LogP contribution in [0.15, 0.2) is 48.6 Å². The molecule has 6 heteroatoms. The van der Waals surface area contributed by atoms with Crippen molar-refractivity contribution < 1.29 is 29.3 Å². The lowest BCUT2D eigenvalue weighted by atomic mass is 10.0. The summed E-state index contributed by atoms with van der Waals surface area (Å²) in [5.74, 6) is 0.0942. The highest BCUT2D eigenvalue weighted by Crippen LogP contribution is 2.13. The molecule has 6 nitrogen and oxygen atoms in total. The van der Waals surface area contributed by atoms with Gasteiger partial charge in [-0.3, -0.25) is 9.59 Å². The van der Waals surface area contributed by atoms with E-state index >= 15 is 0 Å². The molecule has 0 rings (SSSR count). The van der Waals surface area contributed by atoms with E-state index in [4.69, 9.17) is 9.47 Å². The summed E-state index contributed by atoms with van der Waals surface area (Å²) < 4.78 is 10.5. The first-order valence-electron chi connectivity index (χ1n) is 17.2. The predicted molar refractivity (Wildman–Crippen MR) is 179 cm³/mol. The molecule has 0 bridgehead atoms. The minimum absolute atomic E-state index is 0.106. The summed E-state index contributed by atoms with van der Waals surface area (Å²) in [5.41, 5.74) is 0. The quantitative estimate of drug-likeness (QED) is 0.0383. The number of allylic oxidation sites excluding steroid dienone is 6. The topological polar surface area (TPSA) is 93.1 Å². The second kappa shape index (κ2) is 31.3. The zero-order valence-corrected chi connectivity index (χ0v) is 27.7. The number of ether oxygens (including phenoxy) is 2. The Bertz CT molecular complexity index is 767. The summed E-state index contributed by atoms with van der Waals surface area (Å²) in [6.45, 7) is 6.26. The third-order valence-electron chi connectivity index (χ3n) is 7.13. The lowest BCUT2D eigenvalue weighted by molar-refractivity contribution is -0.161. The second-order valence-electron chi connectivity index (χ2n) is 11.9. The molecule has 0 aromatic heterocycles. The Labute approximate surface area is 263 Å². The minimum atomic E-state index is -0.818. The Morgan fingerprint density at radius 3 is 2.07 bits per heavy atom. The maximum Gasteiger partial charge on any atom is 0.306 e. The lowest BCUT2D eigenvalue weighted by Gasteiger charge is -2.15. The summed E-state index contributed by atoms with van der Waals surface area (Å²) in [6.07, 6.45) is 33.5. The number of aliphatic hydroxyl groups excluding tert-OH is 2. The number of hydrogen-bond donors (Lipinski definition) is 2. The highest BCUT2D eigenvalue weighted by Gasteiger charge is 2.15. The molecule has 0 aliphatic carbocycles. The Balaban J connectivity index is 3.80. The van der Waals surface area contributed by atoms with Crippen LogP contribution in [0.5, 0.6) is 0 Å². The molecule has 0 amide bonds. The minimum Gasteiger partial charge on any atom is -0.462 e. The molecule has 0 aliphatic rings. The molecule has 248 valence electrons. The van der Waals surface area contributed by atoms with Crippen molar-refractivity contribution in [3.8, 4) is 0 Å². The lowest BCUT2D eigenvalue weighted by Crippen LogP contribution is -2.28. The van der Waals surface area contributed by atoms with E-state index in [-0.39, 0.29) is 25.6 Å². The molecule has 0 unspecified atom stereocenters. The highest BCUT2D eigenvalue weighted by atomic mass is 16.6. The fourth-order valence-electron chi connectivity index (χ4n) is 4.46. The SMILES string of the molecule is CCCCC/C=C\C[C@H](O)/C=C/C=C\C/C=C\CCCC(=O)O[C@@H](CO)COC(=O)CCCCCCCCCCC(C)C. The average molecular weight is 605 g/mol. The Morgan fingerprint density at radius 1 is 0.721 bits per heavy atom. The molecule has 0 saturated heterocycles. The van der Waals surface area contributed by atoms with E-state index < -0.39 is 18.2 Å². The Kier molecular flexibility index (Phi) is 29.7. The zero-order valence-electron chi connectivity index (χ0n) is 27.7. The van der Waals surface area contributed by atoms with E-state index in [1.165, 1.54) is 57.8 Å². The van der Waals surface area contributed by atoms with Gasteiger partial charge >= 0.3 is 11.9 Å². The van der Waals surface area contributed by atoms with Gasteiger partial charge in [0.1, 0.15) is 6.61 Å². The van der Waals surface area contributed by atoms with Gasteiger partial charge < -0.3 is 19.7 Å². The summed E-state index contributed by atoms with van der Waals surface area (Å²) in [6, 6.07) is 0. The van der Waals surface area contributed by atoms with Crippen molar-refractivity contribution in [3.05, 3.63) is 48.6 Å². The van der Waals surface area contributed by atoms with E-state index in [9.17, 15) is 19.8 Å². The van der Waals surface area contributed by atoms with Crippen molar-refractivity contribution in [2.75, 3.05) is 13.2 Å². The van der Waals surface area contributed by atoms with Crippen LogP contribution >= 0.6 is 0 Å². The zero-order chi connectivity index (χ0) is 31.8. The van der Waals surface area contributed by atoms with Crippen molar-refractivity contribution in [2.24, 2.45) is 5.92 Å². The van der Waals surface area contributed by atoms with Gasteiger partial charge in [-0.25, -0.2) is 0 Å². The molecule has 0 spiro atoms. The van der Waals surface area contributed by atoms with Crippen LogP contribution in [0, 0.1) is 5.92 Å². The van der Waals surface area contributed by atoms with Gasteiger partial charge in [0.05, 0.1) is 12.7 Å². The Hall–Kier alpha value is -2.18. The average Bonchev–Trinajstić information content (AvgIpc) is 2.98. The van der Waals surface area contributed by atoms with Crippen LogP contribution in [-0.4, -0.2) is 47.6 Å². The maximum atomic E-state index is 12.1. The van der Waals surface area contributed by atoms with Gasteiger partial charge in [0.2, 0.25) is 0 Å². The molecule has 0 radical (unpaired) electrons. The van der Waals surface area contributed by atoms with Gasteiger partial charge in [-0.05, 0) is 50.9 Å². The molecule has 0 aliphatic heterocycles. The first kappa shape index (κ1) is 40.8. The fraction of sp³-hybridized carbons (Fsp3) is 0.730. The Morgan fingerprint density at radius 2 is 1.37 bits per heavy atom. The van der Waals surface area contributed by atoms with Gasteiger partial charge in [0.15, 0.2) is 6.10 Å². The van der Waals surface area contributed by atoms with Crippen molar-refractivity contribution in [3.63, 3.8) is 0 Å². The van der Waals surface area contributed by atoms with Gasteiger partial charge in [0.25, 0.3) is 0 Å². The van der Waals surface area contributed by atoms with Gasteiger partial charge in [0, 0.05) is 12.8 Å². The summed E-state index contributed by atoms with van der Waals surface area (Å²) >= 11 is 0. The fourth-order valence-corrected chi connectivity index (χ4v) is 4.46. The number of aliphatic hydroxyl groups is 2. The van der Waals surface area contributed by atoms with Crippen LogP contribution < -0.4 is 0 Å². The monoisotopic (exact) mass is 604 g/mol. The van der Waals surface area contributed by atoms with Crippen molar-refractivity contribution in [1.82, 2.24) is 0 Å². The van der Waals surface area contributed by atoms with E-state index in [2.05, 4.69) is 26.8 Å². The van der Waals surface area contributed by atoms with E-state index in [0.29, 0.717) is 19.3 Å². The third kappa shape index (κ3) is 31.1. The number of carbonyl (C=O) groups excluding carboxylic acids is 2. The molecule has 0 saturated carbocycles. The first-order chi connectivity index (χ1) is 20.9. The van der Waals surface area contributed by atoms with Crippen LogP contribution in [0.3, 0.4) is 0 Å². The van der Waals surface area contributed by atoms with E-state index in [0.717, 1.165) is 44.4 Å². The number of carbonyl (C=O) groups is 2. The molecule has 2 N–H and O–H groups in total. The molecule has 0 aromatic rings. The summed E-state index contributed by atoms with van der Waals surface area (Å²) in [5, 5.41) is 19.4. The van der Waals surface area contributed by atoms with Crippen molar-refractivity contribution in [1.29, 1.82) is 0 Å². The number of unbranched alkanes of at least 4 members (excludes halogenated alkanes) is 11. The summed E-state index contributed by atoms with van der Waals surface area (Å²) in [4.78, 5) is 24.1. The summed E-state index contributed by atoms with van der Waals surface area (Å²) in [7, 11) is 0. The molecule has 0 heterocycles. The number of hydrogen-bond acceptors (Lipinski definition) is 6. The third-order valence-corrected chi connectivity index (χ3v) is 7.13. The van der Waals surface area contributed by atoms with E-state index in [1.807, 2.05) is 36.5 Å². The van der Waals surface area contributed by atoms with E-state index in [1.54, 1.807) is 6.08 Å². The molecular weight excluding hydrogens is 540 g/mol.